The number of phosphoric ester groups is 1. The Morgan fingerprint density at radius 3 is 0.904 bits per heavy atom. The predicted molar refractivity (Wildman–Crippen MR) is 408 cm³/mol. The molecule has 0 rings (SSSR count). The van der Waals surface area contributed by atoms with Crippen LogP contribution in [0.3, 0.4) is 0 Å². The normalized spacial score (nSPS) is 13.6. The van der Waals surface area contributed by atoms with Crippen LogP contribution in [0.2, 0.25) is 0 Å². The van der Waals surface area contributed by atoms with Gasteiger partial charge in [-0.05, 0) is 103 Å². The largest absolute Gasteiger partial charge is 0.472 e. The van der Waals surface area contributed by atoms with E-state index in [1.165, 1.54) is 244 Å². The quantitative estimate of drug-likeness (QED) is 0.0211. The smallest absolute Gasteiger partial charge is 0.462 e. The summed E-state index contributed by atoms with van der Waals surface area (Å²) in [4.78, 5) is 36.0. The van der Waals surface area contributed by atoms with Crippen LogP contribution >= 0.6 is 7.82 Å². The van der Waals surface area contributed by atoms with E-state index in [4.69, 9.17) is 18.5 Å². The van der Waals surface area contributed by atoms with E-state index in [9.17, 15) is 19.0 Å². The number of unbranched alkanes of at least 4 members (excludes halogenated alkanes) is 41. The van der Waals surface area contributed by atoms with Gasteiger partial charge in [0, 0.05) is 12.8 Å². The number of likely N-dealkylation sites (N-methyl/N-ethyl adjacent to an activating group) is 1. The molecule has 9 nitrogen and oxygen atoms in total. The molecule has 0 aliphatic carbocycles. The molecule has 0 aromatic rings. The zero-order chi connectivity index (χ0) is 68.3. The van der Waals surface area contributed by atoms with Gasteiger partial charge in [0.1, 0.15) is 19.8 Å². The molecule has 0 aliphatic heterocycles. The first-order chi connectivity index (χ1) is 46.0. The number of quaternary nitrogens is 1. The fourth-order valence-electron chi connectivity index (χ4n) is 11.3. The minimum atomic E-state index is -4.40. The number of hydrogen-bond donors (Lipinski definition) is 1. The van der Waals surface area contributed by atoms with Gasteiger partial charge in [-0.2, -0.15) is 0 Å². The topological polar surface area (TPSA) is 108 Å². The molecule has 0 aromatic carbocycles. The van der Waals surface area contributed by atoms with Crippen molar-refractivity contribution in [3.63, 3.8) is 0 Å². The average molecular weight is 1330 g/mol. The van der Waals surface area contributed by atoms with Crippen molar-refractivity contribution in [2.45, 2.75) is 367 Å². The Hall–Kier alpha value is -3.33. The maximum atomic E-state index is 12.9. The number of carbonyl (C=O) groups excluding carboxylic acids is 2. The SMILES string of the molecule is CC/C=C\C/C=C\C/C=C\C/C=C\C/C=C\C/C=C\C/C=C\CCCCCCCCCCCCCCCCCCCC(=O)OC(COC(=O)CCCCCCCCCCCCCCCCCCCCC/C=C\C/C=C\CCCCCCC)COP(=O)(O)OCC[N+](C)(C)C. The molecule has 10 heteroatoms. The Balaban J connectivity index is 3.96. The molecule has 0 bridgehead atoms. The zero-order valence-electron chi connectivity index (χ0n) is 62.2. The van der Waals surface area contributed by atoms with Gasteiger partial charge in [-0.25, -0.2) is 4.57 Å². The summed E-state index contributed by atoms with van der Waals surface area (Å²) < 4.78 is 34.8. The van der Waals surface area contributed by atoms with Crippen LogP contribution in [0.4, 0.5) is 0 Å². The van der Waals surface area contributed by atoms with Crippen molar-refractivity contribution in [3.05, 3.63) is 109 Å². The highest BCUT2D eigenvalue weighted by molar-refractivity contribution is 7.47. The first-order valence-electron chi connectivity index (χ1n) is 39.6. The van der Waals surface area contributed by atoms with E-state index in [0.717, 1.165) is 83.5 Å². The van der Waals surface area contributed by atoms with Crippen molar-refractivity contribution >= 4 is 19.8 Å². The van der Waals surface area contributed by atoms with Crippen molar-refractivity contribution in [3.8, 4) is 0 Å². The monoisotopic (exact) mass is 1330 g/mol. The summed E-state index contributed by atoms with van der Waals surface area (Å²) >= 11 is 0. The third kappa shape index (κ3) is 77.7. The van der Waals surface area contributed by atoms with Gasteiger partial charge in [-0.15, -0.1) is 0 Å². The number of esters is 2. The number of carbonyl (C=O) groups is 2. The van der Waals surface area contributed by atoms with Gasteiger partial charge in [-0.3, -0.25) is 18.6 Å². The Bertz CT molecular complexity index is 1960. The average Bonchev–Trinajstić information content (AvgIpc) is 1.56. The molecule has 0 heterocycles. The lowest BCUT2D eigenvalue weighted by atomic mass is 10.0. The third-order valence-electron chi connectivity index (χ3n) is 17.3. The standard InChI is InChI=1S/C84H150NO8P/c1-6-8-10-12-14-16-18-20-22-24-26-28-30-32-34-36-38-39-40-41-42-43-44-45-47-49-51-53-55-57-59-61-63-65-67-69-71-73-75-77-84(87)93-82(81-92-94(88,89)91-79-78-85(3,4)5)80-90-83(86)76-74-72-70-68-66-64-62-60-58-56-54-52-50-48-46-37-35-33-31-29-27-25-23-21-19-17-15-13-11-9-7-2/h8,10,14,16,19-22,25-28,32,34,38-39,41-42,82H,6-7,9,11-13,15,17-18,23-24,29-31,33,35-37,40,43-81H2,1-5H3/p+1/b10-8-,16-14-,21-19-,22-20-,27-25-,28-26-,34-32-,39-38-,42-41-. The van der Waals surface area contributed by atoms with E-state index in [1.54, 1.807) is 0 Å². The van der Waals surface area contributed by atoms with Crippen molar-refractivity contribution < 1.29 is 42.1 Å². The van der Waals surface area contributed by atoms with Gasteiger partial charge in [0.05, 0.1) is 27.7 Å². The van der Waals surface area contributed by atoms with Gasteiger partial charge in [0.2, 0.25) is 0 Å². The van der Waals surface area contributed by atoms with E-state index in [-0.39, 0.29) is 32.0 Å². The summed E-state index contributed by atoms with van der Waals surface area (Å²) in [7, 11) is 1.49. The Morgan fingerprint density at radius 1 is 0.340 bits per heavy atom. The molecule has 544 valence electrons. The van der Waals surface area contributed by atoms with E-state index in [0.29, 0.717) is 17.4 Å². The summed E-state index contributed by atoms with van der Waals surface area (Å²) in [5.74, 6) is -0.783. The number of allylic oxidation sites excluding steroid dienone is 18. The number of ether oxygens (including phenoxy) is 2. The molecule has 0 saturated heterocycles. The van der Waals surface area contributed by atoms with E-state index in [1.807, 2.05) is 21.1 Å². The van der Waals surface area contributed by atoms with Crippen LogP contribution in [0.25, 0.3) is 0 Å². The first-order valence-corrected chi connectivity index (χ1v) is 41.1. The second-order valence-corrected chi connectivity index (χ2v) is 29.2. The van der Waals surface area contributed by atoms with Crippen LogP contribution in [0.1, 0.15) is 361 Å². The van der Waals surface area contributed by atoms with Crippen molar-refractivity contribution in [1.29, 1.82) is 0 Å². The first kappa shape index (κ1) is 90.7. The number of hydrogen-bond acceptors (Lipinski definition) is 7. The molecular weight excluding hydrogens is 1180 g/mol. The Kier molecular flexibility index (Phi) is 71.3. The lowest BCUT2D eigenvalue weighted by Crippen LogP contribution is -2.37. The van der Waals surface area contributed by atoms with E-state index in [2.05, 4.69) is 123 Å². The molecule has 94 heavy (non-hydrogen) atoms. The molecule has 0 fully saturated rings. The minimum absolute atomic E-state index is 0.0307. The van der Waals surface area contributed by atoms with Gasteiger partial charge < -0.3 is 18.9 Å². The highest BCUT2D eigenvalue weighted by Gasteiger charge is 2.27. The highest BCUT2D eigenvalue weighted by atomic mass is 31.2. The molecular formula is C84H151NO8P+. The number of rotatable bonds is 73. The predicted octanol–water partition coefficient (Wildman–Crippen LogP) is 26.4. The maximum Gasteiger partial charge on any atom is 0.472 e. The van der Waals surface area contributed by atoms with Crippen LogP contribution in [0, 0.1) is 0 Å². The highest BCUT2D eigenvalue weighted by Crippen LogP contribution is 2.43. The maximum absolute atomic E-state index is 12.9. The molecule has 2 atom stereocenters. The molecule has 0 amide bonds. The fourth-order valence-corrected chi connectivity index (χ4v) is 12.0. The van der Waals surface area contributed by atoms with Crippen LogP contribution in [-0.2, 0) is 32.7 Å². The lowest BCUT2D eigenvalue weighted by molar-refractivity contribution is -0.870. The van der Waals surface area contributed by atoms with Crippen molar-refractivity contribution in [2.24, 2.45) is 0 Å². The van der Waals surface area contributed by atoms with Gasteiger partial charge in [0.25, 0.3) is 0 Å². The second-order valence-electron chi connectivity index (χ2n) is 27.7. The molecule has 0 spiro atoms. The Labute approximate surface area is 582 Å². The summed E-state index contributed by atoms with van der Waals surface area (Å²) in [6, 6.07) is 0. The van der Waals surface area contributed by atoms with Crippen LogP contribution in [0.15, 0.2) is 109 Å². The number of phosphoric acid groups is 1. The molecule has 0 saturated carbocycles. The van der Waals surface area contributed by atoms with Crippen LogP contribution in [-0.4, -0.2) is 74.9 Å². The summed E-state index contributed by atoms with van der Waals surface area (Å²) in [6.45, 7) is 4.35. The molecule has 0 aliphatic rings. The van der Waals surface area contributed by atoms with Crippen molar-refractivity contribution in [2.75, 3.05) is 47.5 Å². The molecule has 2 unspecified atom stereocenters. The minimum Gasteiger partial charge on any atom is -0.462 e. The van der Waals surface area contributed by atoms with Gasteiger partial charge in [-0.1, -0.05) is 354 Å². The third-order valence-corrected chi connectivity index (χ3v) is 18.3. The van der Waals surface area contributed by atoms with Crippen LogP contribution < -0.4 is 0 Å². The van der Waals surface area contributed by atoms with E-state index >= 15 is 0 Å². The molecule has 0 radical (unpaired) electrons. The van der Waals surface area contributed by atoms with Crippen molar-refractivity contribution in [1.82, 2.24) is 0 Å². The number of nitrogens with zero attached hydrogens (tertiary/aromatic N) is 1. The zero-order valence-corrected chi connectivity index (χ0v) is 63.1. The molecule has 1 N–H and O–H groups in total. The van der Waals surface area contributed by atoms with Gasteiger partial charge in [0.15, 0.2) is 6.10 Å². The van der Waals surface area contributed by atoms with Gasteiger partial charge >= 0.3 is 19.8 Å². The lowest BCUT2D eigenvalue weighted by Gasteiger charge is -2.24. The fraction of sp³-hybridized carbons (Fsp3) is 0.762. The van der Waals surface area contributed by atoms with Crippen LogP contribution in [0.5, 0.6) is 0 Å². The summed E-state index contributed by atoms with van der Waals surface area (Å²) in [5, 5.41) is 0. The summed E-state index contributed by atoms with van der Waals surface area (Å²) in [6.07, 6.45) is 105. The summed E-state index contributed by atoms with van der Waals surface area (Å²) in [5.41, 5.74) is 0. The molecule has 0 aromatic heterocycles. The Morgan fingerprint density at radius 2 is 0.606 bits per heavy atom. The van der Waals surface area contributed by atoms with E-state index < -0.39 is 26.5 Å². The second kappa shape index (κ2) is 73.9.